The van der Waals surface area contributed by atoms with Crippen molar-refractivity contribution in [3.63, 3.8) is 0 Å². The molecule has 0 N–H and O–H groups in total. The normalized spacial score (nSPS) is 13.8. The van der Waals surface area contributed by atoms with Crippen molar-refractivity contribution in [3.8, 4) is 11.3 Å². The molecule has 3 aromatic carbocycles. The molecule has 0 spiro atoms. The Morgan fingerprint density at radius 3 is 2.29 bits per heavy atom. The molecule has 8 heteroatoms. The summed E-state index contributed by atoms with van der Waals surface area (Å²) in [4.78, 5) is 32.8. The van der Waals surface area contributed by atoms with Crippen LogP contribution in [0.5, 0.6) is 0 Å². The molecule has 0 aliphatic carbocycles. The van der Waals surface area contributed by atoms with Gasteiger partial charge in [0, 0.05) is 60.0 Å². The van der Waals surface area contributed by atoms with Gasteiger partial charge in [0.05, 0.1) is 21.7 Å². The number of non-ortho nitro benzene ring substituents is 1. The molecule has 1 fully saturated rings. The number of nitro benzene ring substituents is 1. The van der Waals surface area contributed by atoms with E-state index < -0.39 is 4.92 Å². The van der Waals surface area contributed by atoms with E-state index in [2.05, 4.69) is 4.90 Å². The topological polar surface area (TPSA) is 79.6 Å². The Kier molecular flexibility index (Phi) is 5.86. The average Bonchev–Trinajstić information content (AvgIpc) is 2.88. The molecule has 1 aliphatic rings. The monoisotopic (exact) mass is 472 g/mol. The van der Waals surface area contributed by atoms with E-state index in [0.717, 1.165) is 22.2 Å². The van der Waals surface area contributed by atoms with E-state index in [1.807, 2.05) is 59.5 Å². The summed E-state index contributed by atoms with van der Waals surface area (Å²) in [6.07, 6.45) is 0. The smallest absolute Gasteiger partial charge is 0.269 e. The van der Waals surface area contributed by atoms with Crippen molar-refractivity contribution in [2.75, 3.05) is 31.1 Å². The Morgan fingerprint density at radius 2 is 1.59 bits per heavy atom. The van der Waals surface area contributed by atoms with Crippen LogP contribution in [0.3, 0.4) is 0 Å². The zero-order valence-corrected chi connectivity index (χ0v) is 19.0. The van der Waals surface area contributed by atoms with Crippen LogP contribution in [0.15, 0.2) is 78.9 Å². The minimum Gasteiger partial charge on any atom is -0.368 e. The number of piperazine rings is 1. The Hall–Kier alpha value is -3.97. The van der Waals surface area contributed by atoms with E-state index in [-0.39, 0.29) is 11.6 Å². The van der Waals surface area contributed by atoms with E-state index in [1.165, 1.54) is 12.1 Å². The SMILES string of the molecule is O=C(c1cc(-c2ccccc2Cl)nc2ccccc12)N1CCN(c2ccc([N+](=O)[O-])cc2)CC1. The molecule has 0 radical (unpaired) electrons. The summed E-state index contributed by atoms with van der Waals surface area (Å²) < 4.78 is 0. The van der Waals surface area contributed by atoms with E-state index in [9.17, 15) is 14.9 Å². The second kappa shape index (κ2) is 9.11. The molecule has 7 nitrogen and oxygen atoms in total. The predicted molar refractivity (Wildman–Crippen MR) is 133 cm³/mol. The minimum atomic E-state index is -0.406. The largest absolute Gasteiger partial charge is 0.368 e. The molecule has 0 atom stereocenters. The number of benzene rings is 3. The quantitative estimate of drug-likeness (QED) is 0.292. The van der Waals surface area contributed by atoms with Gasteiger partial charge in [-0.05, 0) is 30.3 Å². The van der Waals surface area contributed by atoms with Crippen molar-refractivity contribution >= 4 is 39.8 Å². The highest BCUT2D eigenvalue weighted by atomic mass is 35.5. The van der Waals surface area contributed by atoms with Gasteiger partial charge in [0.25, 0.3) is 11.6 Å². The number of nitrogens with zero attached hydrogens (tertiary/aromatic N) is 4. The summed E-state index contributed by atoms with van der Waals surface area (Å²) in [7, 11) is 0. The second-order valence-corrected chi connectivity index (χ2v) is 8.51. The first-order valence-corrected chi connectivity index (χ1v) is 11.3. The number of nitro groups is 1. The van der Waals surface area contributed by atoms with Crippen LogP contribution in [0.4, 0.5) is 11.4 Å². The van der Waals surface area contributed by atoms with Crippen LogP contribution in [0.25, 0.3) is 22.2 Å². The first kappa shape index (κ1) is 21.9. The first-order chi connectivity index (χ1) is 16.5. The molecule has 5 rings (SSSR count). The third-order valence-electron chi connectivity index (χ3n) is 6.09. The molecule has 1 saturated heterocycles. The molecule has 170 valence electrons. The van der Waals surface area contributed by atoms with Gasteiger partial charge in [-0.2, -0.15) is 0 Å². The summed E-state index contributed by atoms with van der Waals surface area (Å²) in [5.41, 5.74) is 3.77. The van der Waals surface area contributed by atoms with Crippen molar-refractivity contribution in [3.05, 3.63) is 99.6 Å². The van der Waals surface area contributed by atoms with Crippen molar-refractivity contribution < 1.29 is 9.72 Å². The van der Waals surface area contributed by atoms with Crippen molar-refractivity contribution in [2.24, 2.45) is 0 Å². The average molecular weight is 473 g/mol. The molecule has 1 aliphatic heterocycles. The highest BCUT2D eigenvalue weighted by molar-refractivity contribution is 6.33. The van der Waals surface area contributed by atoms with Gasteiger partial charge in [0.2, 0.25) is 0 Å². The lowest BCUT2D eigenvalue weighted by atomic mass is 10.0. The van der Waals surface area contributed by atoms with Gasteiger partial charge in [-0.3, -0.25) is 14.9 Å². The lowest BCUT2D eigenvalue weighted by molar-refractivity contribution is -0.384. The lowest BCUT2D eigenvalue weighted by Crippen LogP contribution is -2.48. The number of hydrogen-bond donors (Lipinski definition) is 0. The van der Waals surface area contributed by atoms with Crippen LogP contribution in [-0.4, -0.2) is 46.9 Å². The van der Waals surface area contributed by atoms with Gasteiger partial charge in [-0.25, -0.2) is 4.98 Å². The fourth-order valence-corrected chi connectivity index (χ4v) is 4.52. The third kappa shape index (κ3) is 4.18. The number of para-hydroxylation sites is 1. The van der Waals surface area contributed by atoms with Crippen molar-refractivity contribution in [1.29, 1.82) is 0 Å². The van der Waals surface area contributed by atoms with E-state index in [4.69, 9.17) is 16.6 Å². The van der Waals surface area contributed by atoms with Gasteiger partial charge in [0.15, 0.2) is 0 Å². The number of fused-ring (bicyclic) bond motifs is 1. The van der Waals surface area contributed by atoms with Crippen LogP contribution >= 0.6 is 11.6 Å². The zero-order valence-electron chi connectivity index (χ0n) is 18.2. The number of halogens is 1. The number of rotatable bonds is 4. The summed E-state index contributed by atoms with van der Waals surface area (Å²) in [6, 6.07) is 23.4. The van der Waals surface area contributed by atoms with Gasteiger partial charge >= 0.3 is 0 Å². The van der Waals surface area contributed by atoms with Gasteiger partial charge in [0.1, 0.15) is 0 Å². The Bertz CT molecular complexity index is 1380. The minimum absolute atomic E-state index is 0.0461. The molecule has 2 heterocycles. The number of carbonyl (C=O) groups is 1. The first-order valence-electron chi connectivity index (χ1n) is 10.9. The molecule has 0 bridgehead atoms. The molecule has 1 aromatic heterocycles. The highest BCUT2D eigenvalue weighted by Crippen LogP contribution is 2.30. The Morgan fingerprint density at radius 1 is 0.912 bits per heavy atom. The molecule has 0 saturated carbocycles. The van der Waals surface area contributed by atoms with Crippen LogP contribution in [0.2, 0.25) is 5.02 Å². The number of aromatic nitrogens is 1. The Balaban J connectivity index is 1.40. The molecular formula is C26H21ClN4O3. The standard InChI is InChI=1S/C26H21ClN4O3/c27-23-7-3-1-6-21(23)25-17-22(20-5-2-4-8-24(20)28-25)26(32)30-15-13-29(14-16-30)18-9-11-19(12-10-18)31(33)34/h1-12,17H,13-16H2. The summed E-state index contributed by atoms with van der Waals surface area (Å²) in [5.74, 6) is -0.0461. The Labute approximate surface area is 201 Å². The van der Waals surface area contributed by atoms with Crippen LogP contribution in [0, 0.1) is 10.1 Å². The summed E-state index contributed by atoms with van der Waals surface area (Å²) in [5, 5.41) is 12.3. The number of hydrogen-bond acceptors (Lipinski definition) is 5. The maximum atomic E-state index is 13.6. The fraction of sp³-hybridized carbons (Fsp3) is 0.154. The lowest BCUT2D eigenvalue weighted by Gasteiger charge is -2.36. The predicted octanol–water partition coefficient (Wildman–Crippen LogP) is 5.43. The summed E-state index contributed by atoms with van der Waals surface area (Å²) >= 11 is 6.41. The maximum absolute atomic E-state index is 13.6. The zero-order chi connectivity index (χ0) is 23.7. The fourth-order valence-electron chi connectivity index (χ4n) is 4.28. The highest BCUT2D eigenvalue weighted by Gasteiger charge is 2.25. The van der Waals surface area contributed by atoms with Crippen LogP contribution in [0.1, 0.15) is 10.4 Å². The van der Waals surface area contributed by atoms with Crippen molar-refractivity contribution in [1.82, 2.24) is 9.88 Å². The number of anilines is 1. The van der Waals surface area contributed by atoms with Crippen LogP contribution < -0.4 is 4.90 Å². The third-order valence-corrected chi connectivity index (χ3v) is 6.42. The van der Waals surface area contributed by atoms with Gasteiger partial charge in [-0.1, -0.05) is 48.0 Å². The molecule has 4 aromatic rings. The number of carbonyl (C=O) groups excluding carboxylic acids is 1. The van der Waals surface area contributed by atoms with E-state index >= 15 is 0 Å². The number of pyridine rings is 1. The van der Waals surface area contributed by atoms with Crippen molar-refractivity contribution in [2.45, 2.75) is 0 Å². The summed E-state index contributed by atoms with van der Waals surface area (Å²) in [6.45, 7) is 2.38. The second-order valence-electron chi connectivity index (χ2n) is 8.10. The van der Waals surface area contributed by atoms with E-state index in [0.29, 0.717) is 42.5 Å². The van der Waals surface area contributed by atoms with E-state index in [1.54, 1.807) is 12.1 Å². The molecule has 34 heavy (non-hydrogen) atoms. The molecule has 1 amide bonds. The molecule has 0 unspecified atom stereocenters. The number of amides is 1. The maximum Gasteiger partial charge on any atom is 0.269 e. The van der Waals surface area contributed by atoms with Gasteiger partial charge < -0.3 is 9.80 Å². The van der Waals surface area contributed by atoms with Gasteiger partial charge in [-0.15, -0.1) is 0 Å². The molecular weight excluding hydrogens is 452 g/mol. The van der Waals surface area contributed by atoms with Crippen LogP contribution in [-0.2, 0) is 0 Å².